The number of hydrogen-bond acceptors (Lipinski definition) is 3. The van der Waals surface area contributed by atoms with Crippen molar-refractivity contribution in [1.82, 2.24) is 19.7 Å². The van der Waals surface area contributed by atoms with Crippen molar-refractivity contribution in [2.45, 2.75) is 6.04 Å². The molecule has 0 aliphatic carbocycles. The second-order valence-corrected chi connectivity index (χ2v) is 4.37. The van der Waals surface area contributed by atoms with Crippen LogP contribution in [0.15, 0.2) is 30.6 Å². The topological polar surface area (TPSA) is 61.1 Å². The number of amides is 1. The molecule has 0 aliphatic heterocycles. The summed E-state index contributed by atoms with van der Waals surface area (Å²) >= 11 is 0. The van der Waals surface area contributed by atoms with Crippen molar-refractivity contribution in [1.29, 1.82) is 0 Å². The van der Waals surface area contributed by atoms with Gasteiger partial charge in [0.15, 0.2) is 0 Å². The highest BCUT2D eigenvalue weighted by Crippen LogP contribution is 2.13. The molecule has 2 aromatic rings. The molecule has 102 valence electrons. The second-order valence-electron chi connectivity index (χ2n) is 4.37. The molecule has 2 rings (SSSR count). The highest BCUT2D eigenvalue weighted by atomic mass is 16.5. The van der Waals surface area contributed by atoms with Gasteiger partial charge in [0.1, 0.15) is 5.69 Å². The van der Waals surface area contributed by atoms with Crippen LogP contribution >= 0.6 is 0 Å². The maximum absolute atomic E-state index is 12.2. The summed E-state index contributed by atoms with van der Waals surface area (Å²) in [5, 5.41) is 7.07. The Kier molecular flexibility index (Phi) is 4.01. The van der Waals surface area contributed by atoms with Gasteiger partial charge in [-0.25, -0.2) is 0 Å². The lowest BCUT2D eigenvalue weighted by molar-refractivity contribution is 0.0884. The Hall–Kier alpha value is -2.08. The lowest BCUT2D eigenvalue weighted by Gasteiger charge is -2.18. The van der Waals surface area contributed by atoms with Gasteiger partial charge >= 0.3 is 0 Å². The zero-order valence-corrected chi connectivity index (χ0v) is 11.3. The number of ether oxygens (including phenoxy) is 1. The van der Waals surface area contributed by atoms with Gasteiger partial charge in [-0.1, -0.05) is 0 Å². The fraction of sp³-hybridized carbons (Fsp3) is 0.385. The van der Waals surface area contributed by atoms with Gasteiger partial charge < -0.3 is 14.6 Å². The van der Waals surface area contributed by atoms with Crippen LogP contribution in [-0.2, 0) is 18.8 Å². The van der Waals surface area contributed by atoms with E-state index < -0.39 is 0 Å². The quantitative estimate of drug-likeness (QED) is 0.870. The predicted octanol–water partition coefficient (Wildman–Crippen LogP) is 0.876. The molecule has 6 nitrogen and oxygen atoms in total. The van der Waals surface area contributed by atoms with Crippen LogP contribution in [0.25, 0.3) is 0 Å². The summed E-state index contributed by atoms with van der Waals surface area (Å²) in [7, 11) is 5.29. The van der Waals surface area contributed by atoms with Crippen molar-refractivity contribution >= 4 is 5.91 Å². The normalized spacial score (nSPS) is 12.4. The Labute approximate surface area is 112 Å². The van der Waals surface area contributed by atoms with Crippen LogP contribution in [0.5, 0.6) is 0 Å². The SMILES string of the molecule is COCC(NC(=O)c1cccn1C)c1ccnn1C. The Bertz CT molecular complexity index is 558. The Morgan fingerprint density at radius 2 is 2.26 bits per heavy atom. The van der Waals surface area contributed by atoms with Crippen molar-refractivity contribution in [3.63, 3.8) is 0 Å². The number of aryl methyl sites for hydroxylation is 2. The lowest BCUT2D eigenvalue weighted by atomic mass is 10.2. The van der Waals surface area contributed by atoms with Crippen LogP contribution in [0.4, 0.5) is 0 Å². The van der Waals surface area contributed by atoms with Crippen molar-refractivity contribution in [3.8, 4) is 0 Å². The van der Waals surface area contributed by atoms with Gasteiger partial charge in [0, 0.05) is 33.6 Å². The Morgan fingerprint density at radius 3 is 2.79 bits per heavy atom. The summed E-state index contributed by atoms with van der Waals surface area (Å²) in [6, 6.07) is 5.27. The van der Waals surface area contributed by atoms with Crippen molar-refractivity contribution in [3.05, 3.63) is 42.0 Å². The molecule has 2 heterocycles. The molecule has 0 radical (unpaired) electrons. The molecule has 19 heavy (non-hydrogen) atoms. The monoisotopic (exact) mass is 262 g/mol. The molecule has 0 fully saturated rings. The third-order valence-electron chi connectivity index (χ3n) is 3.03. The van der Waals surface area contributed by atoms with E-state index in [1.807, 2.05) is 32.4 Å². The average Bonchev–Trinajstić information content (AvgIpc) is 2.97. The summed E-state index contributed by atoms with van der Waals surface area (Å²) in [5.74, 6) is -0.129. The first-order valence-electron chi connectivity index (χ1n) is 6.02. The number of rotatable bonds is 5. The molecule has 1 N–H and O–H groups in total. The van der Waals surface area contributed by atoms with Crippen LogP contribution in [-0.4, -0.2) is 34.0 Å². The molecule has 0 aliphatic rings. The van der Waals surface area contributed by atoms with Gasteiger partial charge in [-0.15, -0.1) is 0 Å². The zero-order chi connectivity index (χ0) is 13.8. The van der Waals surface area contributed by atoms with E-state index in [4.69, 9.17) is 4.74 Å². The molecule has 0 bridgehead atoms. The molecule has 0 aromatic carbocycles. The minimum Gasteiger partial charge on any atom is -0.382 e. The molecule has 1 amide bonds. The zero-order valence-electron chi connectivity index (χ0n) is 11.3. The summed E-state index contributed by atoms with van der Waals surface area (Å²) in [4.78, 5) is 12.2. The standard InChI is InChI=1S/C13H18N4O2/c1-16-8-4-5-12(16)13(18)15-10(9-19-3)11-6-7-14-17(11)2/h4-8,10H,9H2,1-3H3,(H,15,18). The van der Waals surface area contributed by atoms with Crippen LogP contribution in [0.3, 0.4) is 0 Å². The van der Waals surface area contributed by atoms with Crippen LogP contribution < -0.4 is 5.32 Å². The van der Waals surface area contributed by atoms with Gasteiger partial charge in [0.05, 0.1) is 18.3 Å². The molecule has 1 unspecified atom stereocenters. The molecule has 1 atom stereocenters. The highest BCUT2D eigenvalue weighted by molar-refractivity contribution is 5.92. The van der Waals surface area contributed by atoms with Crippen molar-refractivity contribution in [2.24, 2.45) is 14.1 Å². The predicted molar refractivity (Wildman–Crippen MR) is 70.7 cm³/mol. The van der Waals surface area contributed by atoms with Crippen molar-refractivity contribution < 1.29 is 9.53 Å². The Morgan fingerprint density at radius 1 is 1.47 bits per heavy atom. The fourth-order valence-corrected chi connectivity index (χ4v) is 2.02. The summed E-state index contributed by atoms with van der Waals surface area (Å²) in [6.07, 6.45) is 3.54. The van der Waals surface area contributed by atoms with Crippen LogP contribution in [0.2, 0.25) is 0 Å². The first kappa shape index (κ1) is 13.4. The highest BCUT2D eigenvalue weighted by Gasteiger charge is 2.19. The first-order chi connectivity index (χ1) is 9.13. The summed E-state index contributed by atoms with van der Waals surface area (Å²) < 4.78 is 8.68. The summed E-state index contributed by atoms with van der Waals surface area (Å²) in [6.45, 7) is 0.399. The number of nitrogens with one attached hydrogen (secondary N) is 1. The molecule has 0 saturated carbocycles. The van der Waals surface area contributed by atoms with E-state index in [9.17, 15) is 4.79 Å². The van der Waals surface area contributed by atoms with Crippen molar-refractivity contribution in [2.75, 3.05) is 13.7 Å². The lowest BCUT2D eigenvalue weighted by Crippen LogP contribution is -2.33. The van der Waals surface area contributed by atoms with Gasteiger partial charge in [-0.2, -0.15) is 5.10 Å². The van der Waals surface area contributed by atoms with Gasteiger partial charge in [0.25, 0.3) is 5.91 Å². The van der Waals surface area contributed by atoms with E-state index >= 15 is 0 Å². The number of methoxy groups -OCH3 is 1. The molecule has 0 spiro atoms. The molecular weight excluding hydrogens is 244 g/mol. The minimum absolute atomic E-state index is 0.129. The molecule has 6 heteroatoms. The van der Waals surface area contributed by atoms with E-state index in [1.165, 1.54) is 0 Å². The molecule has 2 aromatic heterocycles. The fourth-order valence-electron chi connectivity index (χ4n) is 2.02. The largest absolute Gasteiger partial charge is 0.382 e. The van der Waals surface area contributed by atoms with E-state index in [2.05, 4.69) is 10.4 Å². The maximum atomic E-state index is 12.2. The van der Waals surface area contributed by atoms with E-state index in [1.54, 1.807) is 28.6 Å². The van der Waals surface area contributed by atoms with Crippen LogP contribution in [0.1, 0.15) is 22.2 Å². The average molecular weight is 262 g/mol. The number of carbonyl (C=O) groups is 1. The minimum atomic E-state index is -0.222. The Balaban J connectivity index is 2.16. The molecular formula is C13H18N4O2. The number of aromatic nitrogens is 3. The van der Waals surface area contributed by atoms with E-state index in [0.717, 1.165) is 5.69 Å². The van der Waals surface area contributed by atoms with E-state index in [-0.39, 0.29) is 11.9 Å². The maximum Gasteiger partial charge on any atom is 0.268 e. The van der Waals surface area contributed by atoms with E-state index in [0.29, 0.717) is 12.3 Å². The summed E-state index contributed by atoms with van der Waals surface area (Å²) in [5.41, 5.74) is 1.52. The third-order valence-corrected chi connectivity index (χ3v) is 3.03. The molecule has 0 saturated heterocycles. The van der Waals surface area contributed by atoms with Gasteiger partial charge in [0.2, 0.25) is 0 Å². The number of hydrogen-bond donors (Lipinski definition) is 1. The first-order valence-corrected chi connectivity index (χ1v) is 6.02. The second kappa shape index (κ2) is 5.71. The van der Waals surface area contributed by atoms with Gasteiger partial charge in [-0.3, -0.25) is 9.48 Å². The van der Waals surface area contributed by atoms with Gasteiger partial charge in [-0.05, 0) is 18.2 Å². The van der Waals surface area contributed by atoms with Crippen LogP contribution in [0, 0.1) is 0 Å². The third kappa shape index (κ3) is 2.85. The number of nitrogens with zero attached hydrogens (tertiary/aromatic N) is 3. The smallest absolute Gasteiger partial charge is 0.268 e. The number of carbonyl (C=O) groups excluding carboxylic acids is 1.